The Hall–Kier alpha value is -0.880. The predicted octanol–water partition coefficient (Wildman–Crippen LogP) is 3.30. The highest BCUT2D eigenvalue weighted by Crippen LogP contribution is 2.29. The van der Waals surface area contributed by atoms with Crippen LogP contribution >= 0.6 is 27.5 Å². The van der Waals surface area contributed by atoms with Gasteiger partial charge in [0.25, 0.3) is 0 Å². The molecule has 6 heteroatoms. The SMILES string of the molecule is COCCn1ncc(Cl)c1C(N)c1ccc(C)c(Br)c1. The average molecular weight is 359 g/mol. The molecule has 1 unspecified atom stereocenters. The van der Waals surface area contributed by atoms with E-state index in [1.54, 1.807) is 18.0 Å². The summed E-state index contributed by atoms with van der Waals surface area (Å²) in [5, 5.41) is 4.83. The van der Waals surface area contributed by atoms with E-state index in [0.717, 1.165) is 15.7 Å². The maximum absolute atomic E-state index is 6.35. The zero-order valence-electron chi connectivity index (χ0n) is 11.4. The van der Waals surface area contributed by atoms with Crippen LogP contribution in [0, 0.1) is 6.92 Å². The van der Waals surface area contributed by atoms with Crippen LogP contribution in [0.4, 0.5) is 0 Å². The van der Waals surface area contributed by atoms with Gasteiger partial charge < -0.3 is 10.5 Å². The normalized spacial score (nSPS) is 12.7. The lowest BCUT2D eigenvalue weighted by molar-refractivity contribution is 0.182. The van der Waals surface area contributed by atoms with Gasteiger partial charge in [-0.3, -0.25) is 4.68 Å². The summed E-state index contributed by atoms with van der Waals surface area (Å²) in [5.74, 6) is 0. The highest BCUT2D eigenvalue weighted by molar-refractivity contribution is 9.10. The molecule has 0 aliphatic heterocycles. The Balaban J connectivity index is 2.34. The monoisotopic (exact) mass is 357 g/mol. The zero-order chi connectivity index (χ0) is 14.7. The molecule has 1 heterocycles. The number of aromatic nitrogens is 2. The Morgan fingerprint density at radius 2 is 2.25 bits per heavy atom. The smallest absolute Gasteiger partial charge is 0.0837 e. The fourth-order valence-electron chi connectivity index (χ4n) is 2.00. The summed E-state index contributed by atoms with van der Waals surface area (Å²) in [5.41, 5.74) is 9.31. The maximum atomic E-state index is 6.35. The Morgan fingerprint density at radius 3 is 2.90 bits per heavy atom. The Labute approximate surface area is 132 Å². The first-order valence-electron chi connectivity index (χ1n) is 6.26. The van der Waals surface area contributed by atoms with E-state index in [9.17, 15) is 0 Å². The third-order valence-corrected chi connectivity index (χ3v) is 4.34. The standard InChI is InChI=1S/C14H17BrClN3O/c1-9-3-4-10(7-11(9)15)13(17)14-12(16)8-18-19(14)5-6-20-2/h3-4,7-8,13H,5-6,17H2,1-2H3. The van der Waals surface area contributed by atoms with Crippen molar-refractivity contribution in [2.75, 3.05) is 13.7 Å². The molecule has 0 fully saturated rings. The van der Waals surface area contributed by atoms with Crippen LogP contribution in [-0.2, 0) is 11.3 Å². The largest absolute Gasteiger partial charge is 0.383 e. The Morgan fingerprint density at radius 1 is 1.50 bits per heavy atom. The first kappa shape index (κ1) is 15.5. The number of rotatable bonds is 5. The van der Waals surface area contributed by atoms with E-state index in [0.29, 0.717) is 18.2 Å². The van der Waals surface area contributed by atoms with Crippen LogP contribution in [0.3, 0.4) is 0 Å². The molecular formula is C14H17BrClN3O. The van der Waals surface area contributed by atoms with Gasteiger partial charge in [-0.05, 0) is 24.1 Å². The van der Waals surface area contributed by atoms with Crippen LogP contribution in [0.1, 0.15) is 22.9 Å². The number of ether oxygens (including phenoxy) is 1. The summed E-state index contributed by atoms with van der Waals surface area (Å²) in [6, 6.07) is 5.74. The Kier molecular flexibility index (Phi) is 5.21. The molecule has 0 spiro atoms. The molecule has 0 amide bonds. The van der Waals surface area contributed by atoms with E-state index < -0.39 is 0 Å². The topological polar surface area (TPSA) is 53.1 Å². The molecule has 1 aromatic heterocycles. The van der Waals surface area contributed by atoms with Crippen molar-refractivity contribution in [3.05, 3.63) is 50.7 Å². The van der Waals surface area contributed by atoms with Crippen LogP contribution in [-0.4, -0.2) is 23.5 Å². The van der Waals surface area contributed by atoms with Gasteiger partial charge in [0.15, 0.2) is 0 Å². The summed E-state index contributed by atoms with van der Waals surface area (Å²) in [6.07, 6.45) is 1.62. The number of hydrogen-bond donors (Lipinski definition) is 1. The minimum atomic E-state index is -0.321. The number of nitrogens with two attached hydrogens (primary N) is 1. The zero-order valence-corrected chi connectivity index (χ0v) is 13.8. The van der Waals surface area contributed by atoms with Crippen LogP contribution in [0.25, 0.3) is 0 Å². The van der Waals surface area contributed by atoms with E-state index >= 15 is 0 Å². The van der Waals surface area contributed by atoms with Gasteiger partial charge in [-0.15, -0.1) is 0 Å². The molecule has 0 saturated carbocycles. The molecule has 2 rings (SSSR count). The number of methoxy groups -OCH3 is 1. The van der Waals surface area contributed by atoms with E-state index in [2.05, 4.69) is 21.0 Å². The molecule has 20 heavy (non-hydrogen) atoms. The molecule has 0 bridgehead atoms. The molecule has 108 valence electrons. The molecular weight excluding hydrogens is 342 g/mol. The van der Waals surface area contributed by atoms with Crippen molar-refractivity contribution in [3.63, 3.8) is 0 Å². The number of nitrogens with zero attached hydrogens (tertiary/aromatic N) is 2. The molecule has 0 aliphatic rings. The second-order valence-electron chi connectivity index (χ2n) is 4.58. The molecule has 0 radical (unpaired) electrons. The second-order valence-corrected chi connectivity index (χ2v) is 5.84. The van der Waals surface area contributed by atoms with E-state index in [1.165, 1.54) is 5.56 Å². The van der Waals surface area contributed by atoms with Crippen LogP contribution in [0.5, 0.6) is 0 Å². The predicted molar refractivity (Wildman–Crippen MR) is 84.0 cm³/mol. The second kappa shape index (κ2) is 6.72. The number of benzene rings is 1. The lowest BCUT2D eigenvalue weighted by Gasteiger charge is -2.16. The van der Waals surface area contributed by atoms with Gasteiger partial charge >= 0.3 is 0 Å². The van der Waals surface area contributed by atoms with Crippen molar-refractivity contribution in [1.29, 1.82) is 0 Å². The molecule has 1 atom stereocenters. The average Bonchev–Trinajstić information content (AvgIpc) is 2.80. The van der Waals surface area contributed by atoms with Crippen molar-refractivity contribution in [3.8, 4) is 0 Å². The number of aryl methyl sites for hydroxylation is 1. The summed E-state index contributed by atoms with van der Waals surface area (Å²) < 4.78 is 7.91. The summed E-state index contributed by atoms with van der Waals surface area (Å²) >= 11 is 9.75. The highest BCUT2D eigenvalue weighted by Gasteiger charge is 2.19. The third kappa shape index (κ3) is 3.23. The maximum Gasteiger partial charge on any atom is 0.0837 e. The lowest BCUT2D eigenvalue weighted by Crippen LogP contribution is -2.19. The molecule has 2 N–H and O–H groups in total. The van der Waals surface area contributed by atoms with E-state index in [1.807, 2.05) is 25.1 Å². The van der Waals surface area contributed by atoms with Crippen molar-refractivity contribution < 1.29 is 4.74 Å². The molecule has 4 nitrogen and oxygen atoms in total. The fraction of sp³-hybridized carbons (Fsp3) is 0.357. The molecule has 2 aromatic rings. The summed E-state index contributed by atoms with van der Waals surface area (Å²) in [7, 11) is 1.65. The van der Waals surface area contributed by atoms with Crippen LogP contribution in [0.15, 0.2) is 28.9 Å². The van der Waals surface area contributed by atoms with E-state index in [-0.39, 0.29) is 6.04 Å². The van der Waals surface area contributed by atoms with Gasteiger partial charge in [0.2, 0.25) is 0 Å². The molecule has 1 aromatic carbocycles. The first-order chi connectivity index (χ1) is 9.54. The van der Waals surface area contributed by atoms with Crippen molar-refractivity contribution in [2.24, 2.45) is 5.73 Å². The number of halogens is 2. The minimum Gasteiger partial charge on any atom is -0.383 e. The van der Waals surface area contributed by atoms with Gasteiger partial charge in [-0.25, -0.2) is 0 Å². The fourth-order valence-corrected chi connectivity index (χ4v) is 2.65. The van der Waals surface area contributed by atoms with Gasteiger partial charge in [0, 0.05) is 11.6 Å². The molecule has 0 saturated heterocycles. The van der Waals surface area contributed by atoms with E-state index in [4.69, 9.17) is 22.1 Å². The van der Waals surface area contributed by atoms with Crippen LogP contribution < -0.4 is 5.73 Å². The summed E-state index contributed by atoms with van der Waals surface area (Å²) in [4.78, 5) is 0. The van der Waals surface area contributed by atoms with Gasteiger partial charge in [-0.1, -0.05) is 39.7 Å². The third-order valence-electron chi connectivity index (χ3n) is 3.19. The van der Waals surface area contributed by atoms with Gasteiger partial charge in [0.1, 0.15) is 0 Å². The summed E-state index contributed by atoms with van der Waals surface area (Å²) in [6.45, 7) is 3.23. The lowest BCUT2D eigenvalue weighted by atomic mass is 10.0. The number of hydrogen-bond acceptors (Lipinski definition) is 3. The first-order valence-corrected chi connectivity index (χ1v) is 7.43. The minimum absolute atomic E-state index is 0.321. The van der Waals surface area contributed by atoms with Gasteiger partial charge in [0.05, 0.1) is 36.1 Å². The highest BCUT2D eigenvalue weighted by atomic mass is 79.9. The Bertz CT molecular complexity index is 600. The van der Waals surface area contributed by atoms with Crippen molar-refractivity contribution in [2.45, 2.75) is 19.5 Å². The quantitative estimate of drug-likeness (QED) is 0.892. The molecule has 0 aliphatic carbocycles. The van der Waals surface area contributed by atoms with Crippen LogP contribution in [0.2, 0.25) is 5.02 Å². The van der Waals surface area contributed by atoms with Gasteiger partial charge in [-0.2, -0.15) is 5.10 Å². The van der Waals surface area contributed by atoms with Crippen molar-refractivity contribution in [1.82, 2.24) is 9.78 Å². The van der Waals surface area contributed by atoms with Crippen molar-refractivity contribution >= 4 is 27.5 Å².